The first-order chi connectivity index (χ1) is 64.4. The van der Waals surface area contributed by atoms with Gasteiger partial charge < -0.3 is 58.1 Å². The molecule has 4 unspecified atom stereocenters. The van der Waals surface area contributed by atoms with E-state index in [1.807, 2.05) is 0 Å². The second-order valence-corrected chi connectivity index (χ2v) is 29.7. The van der Waals surface area contributed by atoms with Gasteiger partial charge in [-0.2, -0.15) is 0 Å². The Labute approximate surface area is 836 Å². The first kappa shape index (κ1) is 118. The summed E-state index contributed by atoms with van der Waals surface area (Å²) in [5.41, 5.74) is 16.2. The third-order valence-corrected chi connectivity index (χ3v) is 20.4. The molecule has 0 fully saturated rings. The van der Waals surface area contributed by atoms with Crippen molar-refractivity contribution in [3.8, 4) is 5.75 Å². The summed E-state index contributed by atoms with van der Waals surface area (Å²) < 4.78 is 0. The number of aliphatic carboxylic acids is 7. The first-order valence-electron chi connectivity index (χ1n) is 41.0. The van der Waals surface area contributed by atoms with Crippen LogP contribution in [0.3, 0.4) is 0 Å². The van der Waals surface area contributed by atoms with Gasteiger partial charge in [0.1, 0.15) is 25.4 Å². The van der Waals surface area contributed by atoms with Crippen LogP contribution in [0.15, 0.2) is 296 Å². The van der Waals surface area contributed by atoms with Crippen LogP contribution in [0.2, 0.25) is 0 Å². The van der Waals surface area contributed by atoms with Crippen molar-refractivity contribution in [3.63, 3.8) is 0 Å². The Bertz CT molecular complexity index is 7350. The SMILES string of the molecule is O=C(O)C(Cc1ccc(O)cc1)N=c1c(=O)c2ccccc2c1=O.O=C(O)CN=c1c(=O)c2ccccc2c1=O.O=C(O)CN=c1c(=O)c2ccccc2c1=O.O=C(O)CN=c1c(=O)c2ccccc2c1=O.[Cu+2].[Cu+2].[Cu+2].[Cu+].[Cu+].[NH-]C(CCCCN=c1c(=O)c2ccccc2c1=O)C(=O)O.[NH-]C(CCCCN=c1c(=O)c2ccccc2c1=O)C(=O)O.[NH-]C(CCCCN=c1c(=O)c2ccccc2c1=O)C(=O)O. The summed E-state index contributed by atoms with van der Waals surface area (Å²) in [4.78, 5) is 267. The largest absolute Gasteiger partial charge is 2.00 e. The number of nitrogens with zero attached hydrogens (tertiary/aromatic N) is 7. The summed E-state index contributed by atoms with van der Waals surface area (Å²) in [5.74, 6) is -8.12. The number of phenols is 1. The summed E-state index contributed by atoms with van der Waals surface area (Å²) in [6.45, 7) is -0.851. The number of nitrogens with one attached hydrogen (secondary N) is 3. The normalized spacial score (nSPS) is 11.3. The van der Waals surface area contributed by atoms with E-state index in [1.54, 1.807) is 133 Å². The van der Waals surface area contributed by atoms with Gasteiger partial charge in [0.05, 0.1) is 0 Å². The van der Waals surface area contributed by atoms with Crippen LogP contribution in [0.4, 0.5) is 0 Å². The zero-order chi connectivity index (χ0) is 98.6. The maximum Gasteiger partial charge on any atom is 2.00 e. The topological polar surface area (TPSA) is 678 Å². The number of phenolic OH excluding ortho intramolecular Hbond substituents is 1. The van der Waals surface area contributed by atoms with Gasteiger partial charge in [-0.1, -0.05) is 221 Å². The van der Waals surface area contributed by atoms with Crippen molar-refractivity contribution in [3.05, 3.63) is 398 Å². The Kier molecular flexibility index (Phi) is 46.8. The number of carboxylic acids is 7. The molecule has 0 aliphatic carbocycles. The molecule has 0 aliphatic heterocycles. The van der Waals surface area contributed by atoms with Crippen molar-refractivity contribution in [2.75, 3.05) is 39.3 Å². The molecule has 0 aliphatic rings. The van der Waals surface area contributed by atoms with Crippen LogP contribution in [-0.4, -0.2) is 146 Å². The summed E-state index contributed by atoms with van der Waals surface area (Å²) in [5, 5.41) is 72.9. The maximum atomic E-state index is 12.3. The minimum atomic E-state index is -1.26. The molecule has 3 radical (unpaired) electrons. The fourth-order valence-corrected chi connectivity index (χ4v) is 13.6. The smallest absolute Gasteiger partial charge is 0.665 e. The molecule has 4 atom stereocenters. The van der Waals surface area contributed by atoms with E-state index in [2.05, 4.69) is 34.9 Å². The molecular weight excluding hydrogens is 2070 g/mol. The van der Waals surface area contributed by atoms with Crippen LogP contribution in [0.5, 0.6) is 5.75 Å². The van der Waals surface area contributed by atoms with Gasteiger partial charge in [0.25, 0.3) is 17.9 Å². The number of fused-ring (bicyclic) bond motifs is 7. The summed E-state index contributed by atoms with van der Waals surface area (Å²) in [6.07, 6.45) is 3.92. The molecule has 15 aromatic rings. The van der Waals surface area contributed by atoms with Gasteiger partial charge in [0.2, 0.25) is 76.0 Å². The Morgan fingerprint density at radius 2 is 0.414 bits per heavy atom. The number of carbonyl (C=O) groups is 7. The van der Waals surface area contributed by atoms with Crippen LogP contribution in [0, 0.1) is 0 Å². The van der Waals surface area contributed by atoms with E-state index in [1.165, 1.54) is 60.7 Å². The van der Waals surface area contributed by atoms with Crippen LogP contribution in [-0.2, 0) is 125 Å². The molecule has 0 saturated heterocycles. The molecule has 44 heteroatoms. The predicted octanol–water partition coefficient (Wildman–Crippen LogP) is 2.03. The molecule has 0 heterocycles. The van der Waals surface area contributed by atoms with Crippen LogP contribution < -0.4 is 114 Å². The number of benzene rings is 8. The van der Waals surface area contributed by atoms with E-state index in [0.717, 1.165) is 0 Å². The van der Waals surface area contributed by atoms with Gasteiger partial charge in [-0.15, -0.1) is 0 Å². The molecule has 0 saturated carbocycles. The zero-order valence-corrected chi connectivity index (χ0v) is 77.1. The minimum absolute atomic E-state index is 0. The first-order valence-corrected chi connectivity index (χ1v) is 41.0. The second-order valence-electron chi connectivity index (χ2n) is 29.7. The standard InChI is InChI=1S/C18H13NO5.3C15H15N2O4.3C11H7NO4.5Cu/c20-11-7-5-10(6-8-11)9-14(18(23)24)19-15-16(21)12-3-1-2-4-13(12)17(15)22;3*16-11(15(20)21)7-3-4-8-17-12-13(18)9-5-1-2-6-10(9)14(12)19;3*13-8(14)5-12-9-10(15)6-3-1-2-4-7(6)11(9)16;;;;;/h1-8,14,20H,9H2,(H,23,24);3*1-2,5-6,11,16H,3-4,7-8H2,(H,20,21);3*1-4H,5H2,(H,13,14);;;;;/q;3*-1;;;;2*+1;3*+2. The molecule has 0 amide bonds. The van der Waals surface area contributed by atoms with Crippen LogP contribution in [0.1, 0.15) is 63.4 Å². The molecule has 11 N–H and O–H groups in total. The molecule has 737 valence electrons. The van der Waals surface area contributed by atoms with E-state index >= 15 is 0 Å². The Morgan fingerprint density at radius 3 is 0.579 bits per heavy atom. The second kappa shape index (κ2) is 55.7. The Hall–Kier alpha value is -14.6. The molecule has 0 bridgehead atoms. The number of carboxylic acid groups (broad SMARTS) is 7. The van der Waals surface area contributed by atoms with Gasteiger partial charge in [0.15, 0.2) is 43.5 Å². The van der Waals surface area contributed by atoms with Crippen molar-refractivity contribution >= 4 is 117 Å². The number of rotatable bonds is 28. The van der Waals surface area contributed by atoms with Gasteiger partial charge in [-0.25, -0.2) is 4.79 Å². The molecular formula is C96H79Cu5N10O29+5. The predicted molar refractivity (Wildman–Crippen MR) is 495 cm³/mol. The van der Waals surface area contributed by atoms with E-state index in [-0.39, 0.29) is 250 Å². The van der Waals surface area contributed by atoms with Crippen molar-refractivity contribution in [2.24, 2.45) is 34.9 Å². The zero-order valence-electron chi connectivity index (χ0n) is 72.4. The van der Waals surface area contributed by atoms with Gasteiger partial charge in [-0.05, 0) is 55.1 Å². The van der Waals surface area contributed by atoms with Crippen LogP contribution in [0.25, 0.3) is 92.6 Å². The third kappa shape index (κ3) is 30.2. The number of hydrogen-bond acceptors (Lipinski definition) is 29. The molecule has 0 aromatic heterocycles. The van der Waals surface area contributed by atoms with E-state index in [4.69, 9.17) is 47.8 Å². The quantitative estimate of drug-likeness (QED) is 0.0257. The summed E-state index contributed by atoms with van der Waals surface area (Å²) >= 11 is 0. The minimum Gasteiger partial charge on any atom is -0.665 e. The van der Waals surface area contributed by atoms with Gasteiger partial charge >= 0.3 is 109 Å². The van der Waals surface area contributed by atoms with E-state index < -0.39 is 129 Å². The van der Waals surface area contributed by atoms with Crippen molar-refractivity contribution in [1.29, 1.82) is 0 Å². The van der Waals surface area contributed by atoms with Crippen molar-refractivity contribution in [2.45, 2.75) is 88.4 Å². The fourth-order valence-electron chi connectivity index (χ4n) is 13.6. The van der Waals surface area contributed by atoms with Crippen molar-refractivity contribution in [1.82, 2.24) is 0 Å². The molecule has 15 aromatic carbocycles. The van der Waals surface area contributed by atoms with E-state index in [9.17, 15) is 111 Å². The number of hydrogen-bond donors (Lipinski definition) is 8. The van der Waals surface area contributed by atoms with Crippen molar-refractivity contribution < 1.29 is 160 Å². The fraction of sp³-hybridized carbons (Fsp3) is 0.208. The summed E-state index contributed by atoms with van der Waals surface area (Å²) in [7, 11) is 0. The molecule has 15 rings (SSSR count). The monoisotopic (exact) mass is 2150 g/mol. The molecule has 140 heavy (non-hydrogen) atoms. The third-order valence-electron chi connectivity index (χ3n) is 20.4. The average molecular weight is 2150 g/mol. The maximum absolute atomic E-state index is 12.3. The Morgan fingerprint density at radius 1 is 0.243 bits per heavy atom. The van der Waals surface area contributed by atoms with E-state index in [0.29, 0.717) is 76.4 Å². The Balaban J connectivity index is 0.000000340. The number of unbranched alkanes of at least 4 members (excludes halogenated alkanes) is 3. The average Bonchev–Trinajstić information content (AvgIpc) is 1.86. The number of aromatic hydroxyl groups is 1. The molecule has 0 spiro atoms. The van der Waals surface area contributed by atoms with Crippen LogP contribution >= 0.6 is 0 Å². The summed E-state index contributed by atoms with van der Waals surface area (Å²) in [6, 6.07) is 46.5. The van der Waals surface area contributed by atoms with Gasteiger partial charge in [-0.3, -0.25) is 131 Å². The molecule has 39 nitrogen and oxygen atoms in total. The van der Waals surface area contributed by atoms with Gasteiger partial charge in [0, 0.05) is 101 Å².